The normalized spacial score (nSPS) is 10.4. The van der Waals surface area contributed by atoms with E-state index < -0.39 is 16.4 Å². The summed E-state index contributed by atoms with van der Waals surface area (Å²) < 4.78 is 18.8. The summed E-state index contributed by atoms with van der Waals surface area (Å²) in [5.74, 6) is -0.735. The lowest BCUT2D eigenvalue weighted by Crippen LogP contribution is -2.01. The number of hydrogen-bond acceptors (Lipinski definition) is 4. The molecule has 0 radical (unpaired) electrons. The average molecular weight is 356 g/mol. The zero-order valence-corrected chi connectivity index (χ0v) is 12.3. The Labute approximate surface area is 128 Å². The molecule has 7 heteroatoms. The SMILES string of the molecule is O=[N+]([O-])c1cc(F)cc(Br)c1OCc1ccc(CO)cc1. The van der Waals surface area contributed by atoms with Crippen LogP contribution >= 0.6 is 15.9 Å². The number of nitro groups is 1. The average Bonchev–Trinajstić information content (AvgIpc) is 2.46. The van der Waals surface area contributed by atoms with Crippen LogP contribution in [0, 0.1) is 15.9 Å². The van der Waals surface area contributed by atoms with Crippen molar-refractivity contribution in [3.05, 3.63) is 67.9 Å². The van der Waals surface area contributed by atoms with Gasteiger partial charge in [0.05, 0.1) is 22.1 Å². The molecule has 0 aliphatic heterocycles. The predicted octanol–water partition coefficient (Wildman–Crippen LogP) is 3.57. The van der Waals surface area contributed by atoms with E-state index in [2.05, 4.69) is 15.9 Å². The fraction of sp³-hybridized carbons (Fsp3) is 0.143. The molecule has 2 aromatic rings. The largest absolute Gasteiger partial charge is 0.481 e. The van der Waals surface area contributed by atoms with E-state index in [0.29, 0.717) is 0 Å². The summed E-state index contributed by atoms with van der Waals surface area (Å²) in [6.07, 6.45) is 0. The highest BCUT2D eigenvalue weighted by Gasteiger charge is 2.20. The van der Waals surface area contributed by atoms with Crippen LogP contribution < -0.4 is 4.74 Å². The number of nitrogens with zero attached hydrogens (tertiary/aromatic N) is 1. The number of benzene rings is 2. The zero-order valence-electron chi connectivity index (χ0n) is 10.8. The van der Waals surface area contributed by atoms with Crippen LogP contribution in [0.3, 0.4) is 0 Å². The standard InChI is InChI=1S/C14H11BrFNO4/c15-12-5-11(16)6-13(17(19)20)14(12)21-8-10-3-1-9(7-18)2-4-10/h1-6,18H,7-8H2. The third-order valence-electron chi connectivity index (χ3n) is 2.77. The van der Waals surface area contributed by atoms with Gasteiger partial charge in [-0.2, -0.15) is 0 Å². The molecule has 110 valence electrons. The first-order valence-corrected chi connectivity index (χ1v) is 6.75. The van der Waals surface area contributed by atoms with E-state index >= 15 is 0 Å². The number of halogens is 2. The molecule has 0 spiro atoms. The van der Waals surface area contributed by atoms with Gasteiger partial charge < -0.3 is 9.84 Å². The van der Waals surface area contributed by atoms with Crippen molar-refractivity contribution in [2.75, 3.05) is 0 Å². The molecule has 0 aliphatic rings. The molecule has 2 rings (SSSR count). The molecular formula is C14H11BrFNO4. The summed E-state index contributed by atoms with van der Waals surface area (Å²) in [5.41, 5.74) is 1.10. The highest BCUT2D eigenvalue weighted by molar-refractivity contribution is 9.10. The van der Waals surface area contributed by atoms with Gasteiger partial charge in [0.1, 0.15) is 12.4 Å². The monoisotopic (exact) mass is 355 g/mol. The van der Waals surface area contributed by atoms with Crippen molar-refractivity contribution in [2.24, 2.45) is 0 Å². The lowest BCUT2D eigenvalue weighted by molar-refractivity contribution is -0.386. The van der Waals surface area contributed by atoms with Crippen LogP contribution in [0.5, 0.6) is 5.75 Å². The number of ether oxygens (including phenoxy) is 1. The van der Waals surface area contributed by atoms with Gasteiger partial charge in [0.2, 0.25) is 5.75 Å². The van der Waals surface area contributed by atoms with Crippen molar-refractivity contribution in [1.29, 1.82) is 0 Å². The van der Waals surface area contributed by atoms with E-state index in [-0.39, 0.29) is 23.4 Å². The summed E-state index contributed by atoms with van der Waals surface area (Å²) in [5, 5.41) is 19.9. The number of nitro benzene ring substituents is 1. The fourth-order valence-corrected chi connectivity index (χ4v) is 2.26. The topological polar surface area (TPSA) is 72.6 Å². The van der Waals surface area contributed by atoms with Crippen LogP contribution in [0.1, 0.15) is 11.1 Å². The molecule has 5 nitrogen and oxygen atoms in total. The Morgan fingerprint density at radius 3 is 2.43 bits per heavy atom. The molecule has 0 saturated heterocycles. The maximum atomic E-state index is 13.2. The van der Waals surface area contributed by atoms with Gasteiger partial charge in [0.25, 0.3) is 0 Å². The van der Waals surface area contributed by atoms with Crippen LogP contribution in [-0.2, 0) is 13.2 Å². The summed E-state index contributed by atoms with van der Waals surface area (Å²) in [7, 11) is 0. The molecule has 0 aliphatic carbocycles. The van der Waals surface area contributed by atoms with Gasteiger partial charge in [0, 0.05) is 0 Å². The third-order valence-corrected chi connectivity index (χ3v) is 3.36. The Bertz CT molecular complexity index is 661. The predicted molar refractivity (Wildman–Crippen MR) is 77.5 cm³/mol. The van der Waals surface area contributed by atoms with Gasteiger partial charge in [-0.1, -0.05) is 24.3 Å². The molecule has 0 amide bonds. The van der Waals surface area contributed by atoms with E-state index in [9.17, 15) is 14.5 Å². The van der Waals surface area contributed by atoms with Gasteiger partial charge in [-0.15, -0.1) is 0 Å². The Balaban J connectivity index is 2.20. The van der Waals surface area contributed by atoms with Crippen molar-refractivity contribution >= 4 is 21.6 Å². The third kappa shape index (κ3) is 3.77. The van der Waals surface area contributed by atoms with Gasteiger partial charge >= 0.3 is 5.69 Å². The van der Waals surface area contributed by atoms with E-state index in [1.54, 1.807) is 24.3 Å². The van der Waals surface area contributed by atoms with Crippen molar-refractivity contribution in [3.8, 4) is 5.75 Å². The number of aliphatic hydroxyl groups is 1. The Kier molecular flexibility index (Phi) is 4.87. The minimum Gasteiger partial charge on any atom is -0.481 e. The first-order valence-electron chi connectivity index (χ1n) is 5.96. The van der Waals surface area contributed by atoms with E-state index in [1.807, 2.05) is 0 Å². The van der Waals surface area contributed by atoms with Gasteiger partial charge in [0.15, 0.2) is 0 Å². The van der Waals surface area contributed by atoms with Crippen LogP contribution in [-0.4, -0.2) is 10.0 Å². The summed E-state index contributed by atoms with van der Waals surface area (Å²) in [6.45, 7) is 0.0346. The minimum absolute atomic E-state index is 0.0207. The highest BCUT2D eigenvalue weighted by Crippen LogP contribution is 2.36. The molecule has 0 heterocycles. The highest BCUT2D eigenvalue weighted by atomic mass is 79.9. The summed E-state index contributed by atoms with van der Waals surface area (Å²) in [4.78, 5) is 10.2. The molecule has 0 fully saturated rings. The van der Waals surface area contributed by atoms with Crippen LogP contribution in [0.25, 0.3) is 0 Å². The lowest BCUT2D eigenvalue weighted by atomic mass is 10.1. The number of rotatable bonds is 5. The molecule has 2 aromatic carbocycles. The van der Waals surface area contributed by atoms with E-state index in [1.165, 1.54) is 0 Å². The second-order valence-electron chi connectivity index (χ2n) is 4.26. The fourth-order valence-electron chi connectivity index (χ4n) is 1.72. The maximum Gasteiger partial charge on any atom is 0.315 e. The first kappa shape index (κ1) is 15.4. The molecule has 0 saturated carbocycles. The quantitative estimate of drug-likeness (QED) is 0.657. The van der Waals surface area contributed by atoms with Gasteiger partial charge in [-0.25, -0.2) is 4.39 Å². The first-order chi connectivity index (χ1) is 10.0. The molecule has 0 atom stereocenters. The van der Waals surface area contributed by atoms with E-state index in [0.717, 1.165) is 23.3 Å². The van der Waals surface area contributed by atoms with Crippen molar-refractivity contribution in [1.82, 2.24) is 0 Å². The summed E-state index contributed by atoms with van der Waals surface area (Å²) >= 11 is 3.06. The second kappa shape index (κ2) is 6.64. The zero-order chi connectivity index (χ0) is 15.4. The summed E-state index contributed by atoms with van der Waals surface area (Å²) in [6, 6.07) is 8.87. The Hall–Kier alpha value is -1.99. The smallest absolute Gasteiger partial charge is 0.315 e. The molecule has 21 heavy (non-hydrogen) atoms. The Morgan fingerprint density at radius 2 is 1.86 bits per heavy atom. The van der Waals surface area contributed by atoms with Crippen LogP contribution in [0.4, 0.5) is 10.1 Å². The number of hydrogen-bond donors (Lipinski definition) is 1. The van der Waals surface area contributed by atoms with Crippen LogP contribution in [0.15, 0.2) is 40.9 Å². The van der Waals surface area contributed by atoms with Crippen molar-refractivity contribution in [3.63, 3.8) is 0 Å². The van der Waals surface area contributed by atoms with Crippen molar-refractivity contribution in [2.45, 2.75) is 13.2 Å². The van der Waals surface area contributed by atoms with Gasteiger partial charge in [-0.3, -0.25) is 10.1 Å². The lowest BCUT2D eigenvalue weighted by Gasteiger charge is -2.09. The van der Waals surface area contributed by atoms with Crippen molar-refractivity contribution < 1.29 is 19.2 Å². The van der Waals surface area contributed by atoms with E-state index in [4.69, 9.17) is 9.84 Å². The number of aliphatic hydroxyl groups excluding tert-OH is 1. The molecule has 1 N–H and O–H groups in total. The molecular weight excluding hydrogens is 345 g/mol. The molecule has 0 unspecified atom stereocenters. The maximum absolute atomic E-state index is 13.2. The van der Waals surface area contributed by atoms with Crippen LogP contribution in [0.2, 0.25) is 0 Å². The minimum atomic E-state index is -0.715. The molecule has 0 aromatic heterocycles. The molecule has 0 bridgehead atoms. The second-order valence-corrected chi connectivity index (χ2v) is 5.11. The van der Waals surface area contributed by atoms with Gasteiger partial charge in [-0.05, 0) is 33.1 Å². The Morgan fingerprint density at radius 1 is 1.24 bits per heavy atom.